The highest BCUT2D eigenvalue weighted by atomic mass is 14.4. The van der Waals surface area contributed by atoms with Crippen molar-refractivity contribution < 1.29 is 0 Å². The van der Waals surface area contributed by atoms with E-state index in [9.17, 15) is 0 Å². The highest BCUT2D eigenvalue weighted by Crippen LogP contribution is 2.49. The molecule has 0 aromatic heterocycles. The molecular formula is C42H70. The summed E-state index contributed by atoms with van der Waals surface area (Å²) in [6.07, 6.45) is 8.32. The monoisotopic (exact) mass is 575 g/mol. The number of fused-ring (bicyclic) bond motifs is 1. The van der Waals surface area contributed by atoms with E-state index in [1.807, 2.05) is 0 Å². The van der Waals surface area contributed by atoms with Crippen molar-refractivity contribution in [1.82, 2.24) is 0 Å². The Balaban J connectivity index is 0.000000220. The van der Waals surface area contributed by atoms with Gasteiger partial charge in [0, 0.05) is 0 Å². The molecule has 2 atom stereocenters. The molecule has 0 spiro atoms. The molecule has 0 nitrogen and oxygen atoms in total. The second-order valence-electron chi connectivity index (χ2n) is 19.3. The van der Waals surface area contributed by atoms with Crippen LogP contribution in [0.2, 0.25) is 0 Å². The Morgan fingerprint density at radius 1 is 0.548 bits per heavy atom. The zero-order valence-electron chi connectivity index (χ0n) is 31.0. The van der Waals surface area contributed by atoms with E-state index in [0.717, 1.165) is 11.8 Å². The molecule has 238 valence electrons. The summed E-state index contributed by atoms with van der Waals surface area (Å²) >= 11 is 0. The Morgan fingerprint density at radius 2 is 0.929 bits per heavy atom. The second kappa shape index (κ2) is 13.2. The van der Waals surface area contributed by atoms with Gasteiger partial charge in [0.05, 0.1) is 0 Å². The normalized spacial score (nSPS) is 22.1. The van der Waals surface area contributed by atoms with Crippen molar-refractivity contribution in [3.8, 4) is 0 Å². The minimum Gasteiger partial charge on any atom is -0.0620 e. The molecule has 42 heavy (non-hydrogen) atoms. The lowest BCUT2D eigenvalue weighted by molar-refractivity contribution is 0.0335. The third-order valence-corrected chi connectivity index (χ3v) is 9.87. The molecule has 1 saturated carbocycles. The largest absolute Gasteiger partial charge is 0.0620 e. The van der Waals surface area contributed by atoms with Crippen LogP contribution >= 0.6 is 0 Å². The van der Waals surface area contributed by atoms with E-state index in [2.05, 4.69) is 159 Å². The fraction of sp³-hybridized carbons (Fsp3) is 0.714. The average molecular weight is 575 g/mol. The minimum atomic E-state index is 0.240. The van der Waals surface area contributed by atoms with Gasteiger partial charge in [-0.3, -0.25) is 0 Å². The lowest BCUT2D eigenvalue weighted by Crippen LogP contribution is -2.38. The first-order chi connectivity index (χ1) is 18.9. The standard InChI is InChI=1S/C14H20.C14H28.C14H22/c1-13(2)9-11-7-5-6-8-12(11)14(3,4)10-13;2*1-13(2,3)11-9-7-8-10-12(11)14(4,5)6/h5-8H,9-10H2,1-4H3;11-12H,7-10H2,1-6H3;7-10H,1-6H3/t;11-,12+;. The van der Waals surface area contributed by atoms with Gasteiger partial charge in [-0.05, 0) is 92.3 Å². The van der Waals surface area contributed by atoms with Gasteiger partial charge in [-0.1, -0.05) is 172 Å². The number of rotatable bonds is 0. The molecule has 0 radical (unpaired) electrons. The summed E-state index contributed by atoms with van der Waals surface area (Å²) in [4.78, 5) is 0. The smallest absolute Gasteiger partial charge is 0.00956 e. The van der Waals surface area contributed by atoms with Crippen molar-refractivity contribution in [2.24, 2.45) is 28.1 Å². The predicted octanol–water partition coefficient (Wildman–Crippen LogP) is 13.1. The summed E-state index contributed by atoms with van der Waals surface area (Å²) in [5, 5.41) is 0. The molecule has 4 rings (SSSR count). The van der Waals surface area contributed by atoms with Gasteiger partial charge in [0.15, 0.2) is 0 Å². The molecule has 0 bridgehead atoms. The van der Waals surface area contributed by atoms with Crippen molar-refractivity contribution >= 4 is 0 Å². The number of hydrogen-bond acceptors (Lipinski definition) is 0. The van der Waals surface area contributed by atoms with Crippen molar-refractivity contribution in [1.29, 1.82) is 0 Å². The highest BCUT2D eigenvalue weighted by Gasteiger charge is 2.40. The first kappa shape index (κ1) is 36.6. The maximum Gasteiger partial charge on any atom is -0.00956 e. The van der Waals surface area contributed by atoms with Crippen LogP contribution in [-0.4, -0.2) is 0 Å². The van der Waals surface area contributed by atoms with Crippen molar-refractivity contribution in [3.63, 3.8) is 0 Å². The zero-order chi connectivity index (χ0) is 32.4. The third-order valence-electron chi connectivity index (χ3n) is 9.87. The van der Waals surface area contributed by atoms with E-state index >= 15 is 0 Å². The van der Waals surface area contributed by atoms with Crippen LogP contribution in [0.3, 0.4) is 0 Å². The molecule has 0 saturated heterocycles. The lowest BCUT2D eigenvalue weighted by Gasteiger charge is -2.46. The predicted molar refractivity (Wildman–Crippen MR) is 190 cm³/mol. The number of hydrogen-bond donors (Lipinski definition) is 0. The fourth-order valence-corrected chi connectivity index (χ4v) is 8.20. The molecule has 0 amide bonds. The molecule has 1 fully saturated rings. The van der Waals surface area contributed by atoms with Crippen molar-refractivity contribution in [2.75, 3.05) is 0 Å². The summed E-state index contributed by atoms with van der Waals surface area (Å²) in [6.45, 7) is 37.7. The highest BCUT2D eigenvalue weighted by molar-refractivity contribution is 5.38. The van der Waals surface area contributed by atoms with Crippen LogP contribution in [-0.2, 0) is 22.7 Å². The maximum absolute atomic E-state index is 2.42. The zero-order valence-corrected chi connectivity index (χ0v) is 31.0. The molecule has 2 aromatic carbocycles. The van der Waals surface area contributed by atoms with Gasteiger partial charge in [-0.25, -0.2) is 0 Å². The SMILES string of the molecule is CC(C)(C)[C@@H]1CCCC[C@@H]1C(C)(C)C.CC(C)(C)c1ccccc1C(C)(C)C.CC1(C)Cc2ccccc2C(C)(C)C1. The van der Waals surface area contributed by atoms with E-state index in [-0.39, 0.29) is 10.8 Å². The molecule has 0 unspecified atom stereocenters. The summed E-state index contributed by atoms with van der Waals surface area (Å²) in [5.41, 5.74) is 8.31. The van der Waals surface area contributed by atoms with Crippen molar-refractivity contribution in [2.45, 2.75) is 166 Å². The van der Waals surface area contributed by atoms with E-state index in [1.54, 1.807) is 11.1 Å². The molecular weight excluding hydrogens is 504 g/mol. The van der Waals surface area contributed by atoms with E-state index in [4.69, 9.17) is 0 Å². The van der Waals surface area contributed by atoms with Gasteiger partial charge >= 0.3 is 0 Å². The Labute approximate surface area is 263 Å². The van der Waals surface area contributed by atoms with Crippen LogP contribution in [0.15, 0.2) is 48.5 Å². The quantitative estimate of drug-likeness (QED) is 0.293. The van der Waals surface area contributed by atoms with Gasteiger partial charge in [-0.15, -0.1) is 0 Å². The van der Waals surface area contributed by atoms with Crippen LogP contribution in [0, 0.1) is 28.1 Å². The van der Waals surface area contributed by atoms with Gasteiger partial charge in [0.25, 0.3) is 0 Å². The average Bonchev–Trinajstić information content (AvgIpc) is 2.82. The van der Waals surface area contributed by atoms with Crippen LogP contribution in [0.5, 0.6) is 0 Å². The first-order valence-electron chi connectivity index (χ1n) is 17.0. The molecule has 0 heterocycles. The van der Waals surface area contributed by atoms with Crippen LogP contribution in [0.25, 0.3) is 0 Å². The molecule has 2 aliphatic carbocycles. The fourth-order valence-electron chi connectivity index (χ4n) is 8.20. The van der Waals surface area contributed by atoms with Gasteiger partial charge in [-0.2, -0.15) is 0 Å². The third kappa shape index (κ3) is 10.3. The van der Waals surface area contributed by atoms with Gasteiger partial charge in [0.1, 0.15) is 0 Å². The maximum atomic E-state index is 2.42. The van der Waals surface area contributed by atoms with Crippen molar-refractivity contribution in [3.05, 3.63) is 70.8 Å². The second-order valence-corrected chi connectivity index (χ2v) is 19.3. The van der Waals surface area contributed by atoms with Crippen LogP contribution < -0.4 is 0 Å². The van der Waals surface area contributed by atoms with Crippen LogP contribution in [0.1, 0.15) is 165 Å². The Hall–Kier alpha value is -1.56. The Morgan fingerprint density at radius 3 is 1.31 bits per heavy atom. The summed E-state index contributed by atoms with van der Waals surface area (Å²) in [7, 11) is 0. The molecule has 0 heteroatoms. The summed E-state index contributed by atoms with van der Waals surface area (Å²) in [6, 6.07) is 17.7. The topological polar surface area (TPSA) is 0 Å². The van der Waals surface area contributed by atoms with E-state index < -0.39 is 0 Å². The number of benzene rings is 2. The first-order valence-corrected chi connectivity index (χ1v) is 17.0. The minimum absolute atomic E-state index is 0.240. The van der Waals surface area contributed by atoms with Gasteiger partial charge < -0.3 is 0 Å². The molecule has 2 aromatic rings. The van der Waals surface area contributed by atoms with Crippen LogP contribution in [0.4, 0.5) is 0 Å². The van der Waals surface area contributed by atoms with E-state index in [0.29, 0.717) is 21.7 Å². The lowest BCUT2D eigenvalue weighted by atomic mass is 9.59. The van der Waals surface area contributed by atoms with Gasteiger partial charge in [0.2, 0.25) is 0 Å². The Bertz CT molecular complexity index is 1060. The molecule has 2 aliphatic rings. The summed E-state index contributed by atoms with van der Waals surface area (Å²) in [5.74, 6) is 1.85. The molecule has 0 aliphatic heterocycles. The summed E-state index contributed by atoms with van der Waals surface area (Å²) < 4.78 is 0. The van der Waals surface area contributed by atoms with E-state index in [1.165, 1.54) is 49.7 Å². The molecule has 0 N–H and O–H groups in total. The Kier molecular flexibility index (Phi) is 11.5.